The van der Waals surface area contributed by atoms with Gasteiger partial charge >= 0.3 is 0 Å². The van der Waals surface area contributed by atoms with Crippen molar-refractivity contribution in [3.05, 3.63) is 18.7 Å². The van der Waals surface area contributed by atoms with Crippen molar-refractivity contribution in [1.29, 1.82) is 0 Å². The third kappa shape index (κ3) is 12.7. The molecule has 142 valence electrons. The van der Waals surface area contributed by atoms with Crippen LogP contribution in [0.3, 0.4) is 0 Å². The Morgan fingerprint density at radius 2 is 1.58 bits per heavy atom. The van der Waals surface area contributed by atoms with E-state index in [1.54, 1.807) is 13.8 Å². The van der Waals surface area contributed by atoms with Crippen LogP contribution in [-0.2, 0) is 26.7 Å². The van der Waals surface area contributed by atoms with E-state index in [1.165, 1.54) is 45.1 Å². The number of aryl methyl sites for hydroxylation is 2. The van der Waals surface area contributed by atoms with Crippen LogP contribution in [0.2, 0.25) is 0 Å². The van der Waals surface area contributed by atoms with Gasteiger partial charge in [0.1, 0.15) is 12.4 Å². The van der Waals surface area contributed by atoms with Gasteiger partial charge in [-0.1, -0.05) is 32.6 Å². The second-order valence-electron chi connectivity index (χ2n) is 5.53. The third-order valence-corrected chi connectivity index (χ3v) is 4.60. The van der Waals surface area contributed by atoms with E-state index in [-0.39, 0.29) is 13.2 Å². The van der Waals surface area contributed by atoms with Crippen LogP contribution in [0.25, 0.3) is 0 Å². The number of hydrogen-bond acceptors (Lipinski definition) is 4. The minimum atomic E-state index is -3.94. The Morgan fingerprint density at radius 1 is 1.00 bits per heavy atom. The van der Waals surface area contributed by atoms with E-state index in [0.717, 1.165) is 6.54 Å². The molecule has 0 unspecified atom stereocenters. The van der Waals surface area contributed by atoms with Crippen molar-refractivity contribution >= 4 is 7.82 Å². The van der Waals surface area contributed by atoms with Gasteiger partial charge in [-0.15, -0.1) is 0 Å². The highest BCUT2D eigenvalue weighted by Crippen LogP contribution is 2.37. The van der Waals surface area contributed by atoms with Gasteiger partial charge in [-0.3, -0.25) is 4.57 Å². The molecule has 0 bridgehead atoms. The smallest absolute Gasteiger partial charge is 0.267 e. The van der Waals surface area contributed by atoms with Crippen molar-refractivity contribution in [2.45, 2.75) is 79.3 Å². The quantitative estimate of drug-likeness (QED) is 0.323. The second-order valence-corrected chi connectivity index (χ2v) is 6.94. The molecule has 24 heavy (non-hydrogen) atoms. The zero-order chi connectivity index (χ0) is 18.3. The molecular weight excluding hydrogens is 327 g/mol. The highest BCUT2D eigenvalue weighted by molar-refractivity contribution is 7.45. The van der Waals surface area contributed by atoms with Crippen LogP contribution in [0.5, 0.6) is 0 Å². The molecule has 1 rings (SSSR count). The molecule has 1 heterocycles. The highest BCUT2D eigenvalue weighted by Gasteiger charge is 2.04. The fraction of sp³-hybridized carbons (Fsp3) is 0.824. The van der Waals surface area contributed by atoms with E-state index >= 15 is 0 Å². The zero-order valence-electron chi connectivity index (χ0n) is 15.8. The molecule has 0 atom stereocenters. The summed E-state index contributed by atoms with van der Waals surface area (Å²) in [6.07, 6.45) is 14.8. The SMILES string of the molecule is CCCCCCCCn1cc[n+](CC)c1.CCOP(=O)([O-])OCC. The number of hydrogen-bond donors (Lipinski definition) is 0. The second kappa shape index (κ2) is 14.6. The molecular formula is C17H35N2O4P. The monoisotopic (exact) mass is 362 g/mol. The average molecular weight is 362 g/mol. The predicted molar refractivity (Wildman–Crippen MR) is 94.5 cm³/mol. The van der Waals surface area contributed by atoms with Crippen molar-refractivity contribution in [3.8, 4) is 0 Å². The van der Waals surface area contributed by atoms with Crippen LogP contribution in [0.15, 0.2) is 18.7 Å². The number of rotatable bonds is 12. The molecule has 1 aromatic heterocycles. The summed E-state index contributed by atoms with van der Waals surface area (Å²) in [7, 11) is -3.94. The summed E-state index contributed by atoms with van der Waals surface area (Å²) >= 11 is 0. The van der Waals surface area contributed by atoms with Gasteiger partial charge in [0.05, 0.1) is 26.3 Å². The highest BCUT2D eigenvalue weighted by atomic mass is 31.2. The topological polar surface area (TPSA) is 67.4 Å². The lowest BCUT2D eigenvalue weighted by molar-refractivity contribution is -0.693. The van der Waals surface area contributed by atoms with Gasteiger partial charge in [0.15, 0.2) is 0 Å². The first-order chi connectivity index (χ1) is 11.5. The standard InChI is InChI=1S/C13H25N2.C4H11O4P/c1-3-5-6-7-8-9-10-15-12-11-14(4-2)13-15;1-3-7-9(5,6)8-4-2/h11-13H,3-10H2,1-2H3;3-4H2,1-2H3,(H,5,6)/q+1;/p-1. The van der Waals surface area contributed by atoms with Crippen molar-refractivity contribution in [2.24, 2.45) is 0 Å². The van der Waals surface area contributed by atoms with Crippen LogP contribution >= 0.6 is 7.82 Å². The number of imidazole rings is 1. The van der Waals surface area contributed by atoms with Crippen LogP contribution in [0.4, 0.5) is 0 Å². The molecule has 1 aromatic rings. The van der Waals surface area contributed by atoms with E-state index in [2.05, 4.69) is 50.8 Å². The van der Waals surface area contributed by atoms with Gasteiger partial charge in [-0.25, -0.2) is 9.13 Å². The molecule has 7 heteroatoms. The number of phosphoric ester groups is 1. The largest absolute Gasteiger partial charge is 0.756 e. The van der Waals surface area contributed by atoms with Crippen LogP contribution in [0, 0.1) is 0 Å². The van der Waals surface area contributed by atoms with E-state index in [9.17, 15) is 9.46 Å². The lowest BCUT2D eigenvalue weighted by atomic mass is 10.1. The Labute approximate surface area is 147 Å². The Bertz CT molecular complexity index is 442. The summed E-state index contributed by atoms with van der Waals surface area (Å²) in [5.41, 5.74) is 0. The summed E-state index contributed by atoms with van der Waals surface area (Å²) in [6, 6.07) is 0. The molecule has 0 aliphatic carbocycles. The van der Waals surface area contributed by atoms with Gasteiger partial charge in [-0.2, -0.15) is 0 Å². The minimum Gasteiger partial charge on any atom is -0.756 e. The van der Waals surface area contributed by atoms with Crippen molar-refractivity contribution in [2.75, 3.05) is 13.2 Å². The molecule has 0 aromatic carbocycles. The molecule has 6 nitrogen and oxygen atoms in total. The maximum atomic E-state index is 10.4. The number of aromatic nitrogens is 2. The first-order valence-electron chi connectivity index (χ1n) is 9.13. The Kier molecular flexibility index (Phi) is 14.2. The Hall–Kier alpha value is -0.680. The lowest BCUT2D eigenvalue weighted by Crippen LogP contribution is -2.28. The first kappa shape index (κ1) is 23.3. The molecule has 0 spiro atoms. The Morgan fingerprint density at radius 3 is 2.08 bits per heavy atom. The summed E-state index contributed by atoms with van der Waals surface area (Å²) in [6.45, 7) is 10.1. The molecule has 0 fully saturated rings. The van der Waals surface area contributed by atoms with Gasteiger partial charge in [0, 0.05) is 0 Å². The molecule has 0 saturated heterocycles. The third-order valence-electron chi connectivity index (χ3n) is 3.46. The summed E-state index contributed by atoms with van der Waals surface area (Å²) in [5.74, 6) is 0. The van der Waals surface area contributed by atoms with E-state index < -0.39 is 7.82 Å². The maximum absolute atomic E-state index is 10.4. The fourth-order valence-electron chi connectivity index (χ4n) is 2.19. The lowest BCUT2D eigenvalue weighted by Gasteiger charge is -2.20. The Balaban J connectivity index is 0.000000506. The molecule has 0 N–H and O–H groups in total. The minimum absolute atomic E-state index is 0.126. The number of phosphoric acid groups is 1. The van der Waals surface area contributed by atoms with Crippen molar-refractivity contribution in [3.63, 3.8) is 0 Å². The normalized spacial score (nSPS) is 11.2. The summed E-state index contributed by atoms with van der Waals surface area (Å²) in [4.78, 5) is 10.4. The number of nitrogens with zero attached hydrogens (tertiary/aromatic N) is 2. The van der Waals surface area contributed by atoms with Crippen molar-refractivity contribution in [1.82, 2.24) is 4.57 Å². The van der Waals surface area contributed by atoms with Gasteiger partial charge < -0.3 is 13.9 Å². The van der Waals surface area contributed by atoms with Crippen LogP contribution in [0.1, 0.15) is 66.2 Å². The average Bonchev–Trinajstić information content (AvgIpc) is 2.99. The van der Waals surface area contributed by atoms with E-state index in [0.29, 0.717) is 0 Å². The summed E-state index contributed by atoms with van der Waals surface area (Å²) in [5, 5.41) is 0. The van der Waals surface area contributed by atoms with Gasteiger partial charge in [0.2, 0.25) is 6.33 Å². The fourth-order valence-corrected chi connectivity index (χ4v) is 2.89. The predicted octanol–water partition coefficient (Wildman–Crippen LogP) is 3.68. The molecule has 0 saturated carbocycles. The number of unbranched alkanes of at least 4 members (excludes halogenated alkanes) is 5. The van der Waals surface area contributed by atoms with Gasteiger partial charge in [-0.05, 0) is 33.6 Å². The van der Waals surface area contributed by atoms with E-state index in [4.69, 9.17) is 0 Å². The van der Waals surface area contributed by atoms with Crippen LogP contribution < -0.4 is 9.46 Å². The van der Waals surface area contributed by atoms with E-state index in [1.807, 2.05) is 0 Å². The molecule has 0 radical (unpaired) electrons. The zero-order valence-corrected chi connectivity index (χ0v) is 16.7. The molecule has 0 aliphatic heterocycles. The molecule has 0 amide bonds. The van der Waals surface area contributed by atoms with Crippen LogP contribution in [-0.4, -0.2) is 17.8 Å². The molecule has 0 aliphatic rings. The van der Waals surface area contributed by atoms with Gasteiger partial charge in [0.25, 0.3) is 7.82 Å². The first-order valence-corrected chi connectivity index (χ1v) is 10.6. The van der Waals surface area contributed by atoms with Crippen molar-refractivity contribution < 1.29 is 23.1 Å². The maximum Gasteiger partial charge on any atom is 0.267 e. The summed E-state index contributed by atoms with van der Waals surface area (Å²) < 4.78 is 23.4.